The molecule has 0 radical (unpaired) electrons. The van der Waals surface area contributed by atoms with E-state index in [0.29, 0.717) is 40.6 Å². The summed E-state index contributed by atoms with van der Waals surface area (Å²) in [6.07, 6.45) is 0.0705. The Hall–Kier alpha value is 0.613. The molecule has 3 fully saturated rings. The van der Waals surface area contributed by atoms with E-state index < -0.39 is 18.0 Å². The minimum atomic E-state index is -4.50. The number of likely N-dealkylation sites (tertiary alicyclic amines) is 1. The Morgan fingerprint density at radius 1 is 1.11 bits per heavy atom. The van der Waals surface area contributed by atoms with Crippen molar-refractivity contribution < 1.29 is 125 Å². The molecule has 2 atom stereocenters. The molecule has 5 rings (SSSR count). The first-order valence-electron chi connectivity index (χ1n) is 10.8. The number of nitrogens with zero attached hydrogens (tertiary/aromatic N) is 3. The number of fused-ring (bicyclic) bond motifs is 2. The Morgan fingerprint density at radius 2 is 1.69 bits per heavy atom. The van der Waals surface area contributed by atoms with Crippen LogP contribution in [0.2, 0.25) is 0 Å². The summed E-state index contributed by atoms with van der Waals surface area (Å²) in [4.78, 5) is 8.46. The number of aromatic amines is 1. The molecule has 3 aliphatic rings. The van der Waals surface area contributed by atoms with E-state index >= 15 is 0 Å². The van der Waals surface area contributed by atoms with Crippen LogP contribution in [0.5, 0.6) is 0 Å². The van der Waals surface area contributed by atoms with Gasteiger partial charge in [-0.15, -0.1) is 0 Å². The Bertz CT molecular complexity index is 942. The molecular weight excluding hydrogens is 518 g/mol. The van der Waals surface area contributed by atoms with Gasteiger partial charge in [-0.3, -0.25) is 10.4 Å². The molecule has 13 heteroatoms. The van der Waals surface area contributed by atoms with E-state index in [0.717, 1.165) is 58.1 Å². The number of piperazine rings is 1. The standard InChI is InChI=1S/C18H20F3N6.C3H5F.CH3O.2K/c1-23-17-13(16(22)27-8-11-2-3-12(9-27)25-11)7-14(26-17)10-4-5-24-15(6-10)18(19,20)21;4-3-1-2-3;1-2;;/h4-7,11-12,22,25-26H,2-3,8-9H2,1H3;3H,1-2H2;1H3;;/q-1;;-1;2*+1. The maximum atomic E-state index is 12.9. The van der Waals surface area contributed by atoms with Crippen LogP contribution >= 0.6 is 0 Å². The second-order valence-electron chi connectivity index (χ2n) is 8.16. The number of halogens is 4. The molecule has 0 aromatic carbocycles. The molecule has 1 saturated carbocycles. The number of alkyl halides is 4. The molecule has 2 aliphatic heterocycles. The minimum Gasteiger partial charge on any atom is -0.857 e. The van der Waals surface area contributed by atoms with Crippen LogP contribution in [0.3, 0.4) is 0 Å². The van der Waals surface area contributed by atoms with Gasteiger partial charge >= 0.3 is 109 Å². The Labute approximate surface area is 288 Å². The normalized spacial score (nSPS) is 20.3. The zero-order valence-corrected chi connectivity index (χ0v) is 26.8. The van der Waals surface area contributed by atoms with Crippen molar-refractivity contribution in [3.8, 4) is 11.3 Å². The maximum absolute atomic E-state index is 12.9. The molecule has 2 aromatic heterocycles. The van der Waals surface area contributed by atoms with Gasteiger partial charge in [0.15, 0.2) is 0 Å². The zero-order valence-electron chi connectivity index (χ0n) is 20.5. The number of hydrogen-bond donors (Lipinski definition) is 3. The summed E-state index contributed by atoms with van der Waals surface area (Å²) in [6, 6.07) is 4.99. The van der Waals surface area contributed by atoms with E-state index in [9.17, 15) is 17.6 Å². The van der Waals surface area contributed by atoms with Crippen molar-refractivity contribution in [1.82, 2.24) is 20.2 Å². The van der Waals surface area contributed by atoms with Gasteiger partial charge in [-0.25, -0.2) is 4.39 Å². The number of hydrogen-bond acceptors (Lipinski definition) is 4. The van der Waals surface area contributed by atoms with E-state index in [1.807, 2.05) is 4.90 Å². The fourth-order valence-electron chi connectivity index (χ4n) is 3.92. The van der Waals surface area contributed by atoms with Crippen molar-refractivity contribution in [2.24, 2.45) is 0 Å². The molecular formula is C22H28F4K2N6O. The van der Waals surface area contributed by atoms with Gasteiger partial charge in [-0.05, 0) is 55.1 Å². The molecule has 7 nitrogen and oxygen atoms in total. The Kier molecular flexibility index (Phi) is 14.7. The molecule has 35 heavy (non-hydrogen) atoms. The SMILES string of the molecule is C[N-]c1[nH]c(-c2ccnc(C(F)(F)F)c2)cc1C(=N)N1CC2CCC(C1)N2.C[O-].FC1CC1.[K+].[K+]. The van der Waals surface area contributed by atoms with Gasteiger partial charge in [-0.1, -0.05) is 12.9 Å². The average Bonchev–Trinajstić information content (AvgIpc) is 3.35. The number of aromatic nitrogens is 2. The molecule has 3 N–H and O–H groups in total. The first kappa shape index (κ1) is 33.6. The minimum absolute atomic E-state index is 0. The smallest absolute Gasteiger partial charge is 0.857 e. The third-order valence-corrected chi connectivity index (χ3v) is 5.68. The predicted octanol–water partition coefficient (Wildman–Crippen LogP) is -2.41. The second kappa shape index (κ2) is 15.3. The number of H-pyrrole nitrogens is 1. The van der Waals surface area contributed by atoms with Gasteiger partial charge in [0.2, 0.25) is 0 Å². The number of rotatable bonds is 3. The number of pyridine rings is 1. The molecule has 1 aliphatic carbocycles. The predicted molar refractivity (Wildman–Crippen MR) is 116 cm³/mol. The van der Waals surface area contributed by atoms with Gasteiger partial charge in [0, 0.05) is 36.9 Å². The van der Waals surface area contributed by atoms with Crippen molar-refractivity contribution in [1.29, 1.82) is 5.41 Å². The van der Waals surface area contributed by atoms with Gasteiger partial charge in [-0.2, -0.15) is 20.3 Å². The van der Waals surface area contributed by atoms with Gasteiger partial charge in [0.25, 0.3) is 0 Å². The summed E-state index contributed by atoms with van der Waals surface area (Å²) in [6.45, 7) is 1.51. The van der Waals surface area contributed by atoms with Crippen LogP contribution in [-0.4, -0.2) is 66.2 Å². The van der Waals surface area contributed by atoms with Crippen LogP contribution in [-0.2, 0) is 6.18 Å². The molecule has 2 saturated heterocycles. The zero-order chi connectivity index (χ0) is 24.2. The topological polar surface area (TPSA) is 105 Å². The van der Waals surface area contributed by atoms with Crippen LogP contribution in [0, 0.1) is 5.41 Å². The molecule has 2 aromatic rings. The largest absolute Gasteiger partial charge is 1.00 e. The van der Waals surface area contributed by atoms with Crippen molar-refractivity contribution in [2.75, 3.05) is 27.2 Å². The van der Waals surface area contributed by atoms with E-state index in [1.165, 1.54) is 6.07 Å². The van der Waals surface area contributed by atoms with E-state index in [1.54, 1.807) is 13.1 Å². The van der Waals surface area contributed by atoms with E-state index in [4.69, 9.17) is 10.5 Å². The average molecular weight is 547 g/mol. The first-order valence-corrected chi connectivity index (χ1v) is 10.8. The molecule has 0 spiro atoms. The third-order valence-electron chi connectivity index (χ3n) is 5.68. The van der Waals surface area contributed by atoms with Crippen molar-refractivity contribution in [3.63, 3.8) is 0 Å². The summed E-state index contributed by atoms with van der Waals surface area (Å²) in [7, 11) is 2.35. The summed E-state index contributed by atoms with van der Waals surface area (Å²) in [5.41, 5.74) is 0.502. The summed E-state index contributed by atoms with van der Waals surface area (Å²) in [5, 5.41) is 24.6. The Balaban J connectivity index is 0.000000684. The Morgan fingerprint density at radius 3 is 2.17 bits per heavy atom. The molecule has 182 valence electrons. The second-order valence-corrected chi connectivity index (χ2v) is 8.16. The fraction of sp³-hybridized carbons (Fsp3) is 0.545. The monoisotopic (exact) mass is 546 g/mol. The van der Waals surface area contributed by atoms with Crippen molar-refractivity contribution in [2.45, 2.75) is 50.1 Å². The van der Waals surface area contributed by atoms with Crippen LogP contribution in [0.15, 0.2) is 24.4 Å². The first-order chi connectivity index (χ1) is 15.7. The maximum Gasteiger partial charge on any atom is 1.00 e. The van der Waals surface area contributed by atoms with E-state index in [-0.39, 0.29) is 103 Å². The third kappa shape index (κ3) is 9.39. The number of nitrogens with one attached hydrogen (secondary N) is 3. The van der Waals surface area contributed by atoms with Crippen LogP contribution in [0.25, 0.3) is 16.6 Å². The summed E-state index contributed by atoms with van der Waals surface area (Å²) in [5.74, 6) is 0.841. The number of amidine groups is 1. The van der Waals surface area contributed by atoms with Gasteiger partial charge in [0.05, 0.1) is 0 Å². The molecule has 2 unspecified atom stereocenters. The van der Waals surface area contributed by atoms with Crippen LogP contribution in [0.4, 0.5) is 23.4 Å². The summed E-state index contributed by atoms with van der Waals surface area (Å²) >= 11 is 0. The van der Waals surface area contributed by atoms with Crippen molar-refractivity contribution in [3.05, 3.63) is 41.0 Å². The fourth-order valence-corrected chi connectivity index (χ4v) is 3.92. The van der Waals surface area contributed by atoms with Crippen LogP contribution in [0.1, 0.15) is 36.9 Å². The molecule has 2 bridgehead atoms. The van der Waals surface area contributed by atoms with Crippen LogP contribution < -0.4 is 113 Å². The van der Waals surface area contributed by atoms with Gasteiger partial charge < -0.3 is 25.6 Å². The molecule has 0 amide bonds. The van der Waals surface area contributed by atoms with Crippen molar-refractivity contribution >= 4 is 11.7 Å². The van der Waals surface area contributed by atoms with Gasteiger partial charge in [0.1, 0.15) is 17.7 Å². The summed E-state index contributed by atoms with van der Waals surface area (Å²) < 4.78 is 50.0. The van der Waals surface area contributed by atoms with E-state index in [2.05, 4.69) is 20.6 Å². The molecule has 4 heterocycles. The quantitative estimate of drug-likeness (QED) is 0.173.